The number of hydrogen-bond donors (Lipinski definition) is 2. The highest BCUT2D eigenvalue weighted by atomic mass is 32.2. The highest BCUT2D eigenvalue weighted by Gasteiger charge is 2.13. The zero-order valence-corrected chi connectivity index (χ0v) is 17.4. The number of aromatic amines is 2. The second kappa shape index (κ2) is 7.45. The van der Waals surface area contributed by atoms with Gasteiger partial charge in [-0.3, -0.25) is 0 Å². The van der Waals surface area contributed by atoms with Crippen molar-refractivity contribution in [3.05, 3.63) is 102 Å². The van der Waals surface area contributed by atoms with Gasteiger partial charge in [0.15, 0.2) is 0 Å². The Labute approximate surface area is 183 Å². The summed E-state index contributed by atoms with van der Waals surface area (Å²) in [6, 6.07) is 27.0. The molecule has 0 amide bonds. The van der Waals surface area contributed by atoms with E-state index in [9.17, 15) is 0 Å². The van der Waals surface area contributed by atoms with E-state index < -0.39 is 0 Å². The molecule has 0 saturated carbocycles. The molecule has 6 rings (SSSR count). The van der Waals surface area contributed by atoms with E-state index in [0.29, 0.717) is 0 Å². The molecular weight excluding hydrogens is 400 g/mol. The SMILES string of the molecule is C1=Cc2cc3ccc(cc4ccc(cc5nc(cc1n2)C(Sc1ccccc1)=C5)[nH]4)[nH]3. The Morgan fingerprint density at radius 3 is 1.90 bits per heavy atom. The molecule has 2 aliphatic rings. The van der Waals surface area contributed by atoms with Crippen molar-refractivity contribution in [1.29, 1.82) is 0 Å². The van der Waals surface area contributed by atoms with Crippen molar-refractivity contribution in [2.24, 2.45) is 0 Å². The standard InChI is InChI=1S/C26H18N4S/c1-2-4-24(5-3-1)31-26-16-23-14-21-9-8-19(28-21)12-17-6-7-18(27-17)13-20-10-11-22(29-20)15-25(26)30-23/h1-16,27-28H. The summed E-state index contributed by atoms with van der Waals surface area (Å²) in [6.07, 6.45) is 6.20. The lowest BCUT2D eigenvalue weighted by Gasteiger charge is -2.01. The molecule has 148 valence electrons. The lowest BCUT2D eigenvalue weighted by atomic mass is 10.3. The van der Waals surface area contributed by atoms with E-state index in [0.717, 1.165) is 49.7 Å². The Bertz CT molecular complexity index is 1510. The summed E-state index contributed by atoms with van der Waals surface area (Å²) < 4.78 is 0. The zero-order chi connectivity index (χ0) is 20.6. The second-order valence-electron chi connectivity index (χ2n) is 7.46. The lowest BCUT2D eigenvalue weighted by Crippen LogP contribution is -1.81. The zero-order valence-electron chi connectivity index (χ0n) is 16.5. The van der Waals surface area contributed by atoms with Crippen LogP contribution in [0.2, 0.25) is 0 Å². The van der Waals surface area contributed by atoms with Gasteiger partial charge >= 0.3 is 0 Å². The van der Waals surface area contributed by atoms with Crippen LogP contribution in [0.15, 0.2) is 83.8 Å². The minimum absolute atomic E-state index is 0.901. The van der Waals surface area contributed by atoms with E-state index in [2.05, 4.69) is 88.8 Å². The van der Waals surface area contributed by atoms with Gasteiger partial charge in [-0.05, 0) is 78.9 Å². The molecule has 0 fully saturated rings. The number of nitrogens with zero attached hydrogens (tertiary/aromatic N) is 2. The van der Waals surface area contributed by atoms with E-state index in [1.54, 1.807) is 11.8 Å². The van der Waals surface area contributed by atoms with Gasteiger partial charge in [-0.2, -0.15) is 0 Å². The predicted octanol–water partition coefficient (Wildman–Crippen LogP) is 6.78. The van der Waals surface area contributed by atoms with Crippen molar-refractivity contribution in [3.8, 4) is 0 Å². The monoisotopic (exact) mass is 418 g/mol. The van der Waals surface area contributed by atoms with E-state index in [4.69, 9.17) is 9.97 Å². The van der Waals surface area contributed by atoms with Gasteiger partial charge in [-0.25, -0.2) is 9.97 Å². The predicted molar refractivity (Wildman–Crippen MR) is 130 cm³/mol. The van der Waals surface area contributed by atoms with E-state index in [-0.39, 0.29) is 0 Å². The van der Waals surface area contributed by atoms with Gasteiger partial charge in [0.1, 0.15) is 0 Å². The Morgan fingerprint density at radius 2 is 1.19 bits per heavy atom. The number of nitrogens with one attached hydrogen (secondary N) is 2. The summed E-state index contributed by atoms with van der Waals surface area (Å²) in [6.45, 7) is 0. The molecule has 5 heteroatoms. The number of fused-ring (bicyclic) bond motifs is 8. The van der Waals surface area contributed by atoms with Crippen molar-refractivity contribution < 1.29 is 0 Å². The van der Waals surface area contributed by atoms with Crippen LogP contribution in [-0.4, -0.2) is 19.9 Å². The molecule has 0 aliphatic carbocycles. The summed E-state index contributed by atoms with van der Waals surface area (Å²) in [5.74, 6) is 0. The third-order valence-corrected chi connectivity index (χ3v) is 6.15. The van der Waals surface area contributed by atoms with Crippen molar-refractivity contribution in [2.75, 3.05) is 0 Å². The first kappa shape index (κ1) is 18.0. The van der Waals surface area contributed by atoms with Crippen LogP contribution in [0.5, 0.6) is 0 Å². The van der Waals surface area contributed by atoms with Gasteiger partial charge in [-0.1, -0.05) is 30.0 Å². The highest BCUT2D eigenvalue weighted by Crippen LogP contribution is 2.37. The topological polar surface area (TPSA) is 57.4 Å². The molecule has 0 spiro atoms. The maximum atomic E-state index is 4.90. The van der Waals surface area contributed by atoms with Crippen molar-refractivity contribution >= 4 is 57.0 Å². The largest absolute Gasteiger partial charge is 0.355 e. The Kier molecular flexibility index (Phi) is 4.32. The van der Waals surface area contributed by atoms with Crippen LogP contribution in [-0.2, 0) is 0 Å². The molecule has 8 bridgehead atoms. The smallest absolute Gasteiger partial charge is 0.0798 e. The minimum Gasteiger partial charge on any atom is -0.355 e. The molecule has 2 N–H and O–H groups in total. The fourth-order valence-corrected chi connectivity index (χ4v) is 4.62. The number of hydrogen-bond acceptors (Lipinski definition) is 3. The number of benzene rings is 1. The fraction of sp³-hybridized carbons (Fsp3) is 0. The molecular formula is C26H18N4S. The van der Waals surface area contributed by atoms with Gasteiger partial charge in [0.2, 0.25) is 0 Å². The summed E-state index contributed by atoms with van der Waals surface area (Å²) in [5, 5.41) is 0. The van der Waals surface area contributed by atoms with Crippen LogP contribution >= 0.6 is 11.8 Å². The lowest BCUT2D eigenvalue weighted by molar-refractivity contribution is 1.27. The van der Waals surface area contributed by atoms with Gasteiger partial charge in [-0.15, -0.1) is 0 Å². The van der Waals surface area contributed by atoms with Gasteiger partial charge in [0, 0.05) is 31.9 Å². The molecule has 0 radical (unpaired) electrons. The molecule has 4 aromatic rings. The Morgan fingerprint density at radius 1 is 0.581 bits per heavy atom. The number of thioether (sulfide) groups is 1. The third kappa shape index (κ3) is 3.83. The van der Waals surface area contributed by atoms with Crippen molar-refractivity contribution in [2.45, 2.75) is 4.90 Å². The molecule has 4 nitrogen and oxygen atoms in total. The van der Waals surface area contributed by atoms with E-state index in [1.807, 2.05) is 18.2 Å². The van der Waals surface area contributed by atoms with Gasteiger partial charge in [0.25, 0.3) is 0 Å². The van der Waals surface area contributed by atoms with E-state index >= 15 is 0 Å². The second-order valence-corrected chi connectivity index (χ2v) is 8.57. The Balaban J connectivity index is 1.57. The molecule has 2 aliphatic heterocycles. The van der Waals surface area contributed by atoms with Crippen LogP contribution in [0, 0.1) is 0 Å². The maximum absolute atomic E-state index is 4.90. The molecule has 31 heavy (non-hydrogen) atoms. The number of rotatable bonds is 2. The van der Waals surface area contributed by atoms with Crippen molar-refractivity contribution in [1.82, 2.24) is 19.9 Å². The molecule has 3 aromatic heterocycles. The quantitative estimate of drug-likeness (QED) is 0.332. The summed E-state index contributed by atoms with van der Waals surface area (Å²) in [4.78, 5) is 18.8. The van der Waals surface area contributed by atoms with Crippen LogP contribution < -0.4 is 0 Å². The summed E-state index contributed by atoms with van der Waals surface area (Å²) in [5.41, 5.74) is 7.80. The van der Waals surface area contributed by atoms with Crippen LogP contribution in [0.1, 0.15) is 22.8 Å². The Hall–Kier alpha value is -3.83. The van der Waals surface area contributed by atoms with Gasteiger partial charge < -0.3 is 9.97 Å². The molecule has 0 unspecified atom stereocenters. The normalized spacial score (nSPS) is 12.7. The maximum Gasteiger partial charge on any atom is 0.0798 e. The average Bonchev–Trinajstić information content (AvgIpc) is 3.55. The average molecular weight is 419 g/mol. The minimum atomic E-state index is 0.901. The van der Waals surface area contributed by atoms with Crippen molar-refractivity contribution in [3.63, 3.8) is 0 Å². The molecule has 0 atom stereocenters. The highest BCUT2D eigenvalue weighted by molar-refractivity contribution is 8.08. The first-order chi connectivity index (χ1) is 15.3. The first-order valence-electron chi connectivity index (χ1n) is 10.1. The third-order valence-electron chi connectivity index (χ3n) is 5.10. The fourth-order valence-electron chi connectivity index (χ4n) is 3.69. The molecule has 0 saturated heterocycles. The van der Waals surface area contributed by atoms with E-state index in [1.165, 1.54) is 4.90 Å². The van der Waals surface area contributed by atoms with Crippen LogP contribution in [0.4, 0.5) is 0 Å². The first-order valence-corrected chi connectivity index (χ1v) is 10.9. The summed E-state index contributed by atoms with van der Waals surface area (Å²) in [7, 11) is 0. The number of H-pyrrole nitrogens is 2. The number of aromatic nitrogens is 4. The summed E-state index contributed by atoms with van der Waals surface area (Å²) >= 11 is 1.72. The van der Waals surface area contributed by atoms with Gasteiger partial charge in [0.05, 0.1) is 22.8 Å². The molecule has 1 aromatic carbocycles. The molecule has 5 heterocycles. The van der Waals surface area contributed by atoms with Crippen LogP contribution in [0.3, 0.4) is 0 Å². The van der Waals surface area contributed by atoms with Crippen LogP contribution in [0.25, 0.3) is 45.2 Å².